The number of nitrogens with zero attached hydrogens (tertiary/aromatic N) is 3. The van der Waals surface area contributed by atoms with Gasteiger partial charge >= 0.3 is 0 Å². The first-order valence-electron chi connectivity index (χ1n) is 6.65. The zero-order valence-electron chi connectivity index (χ0n) is 10.6. The van der Waals surface area contributed by atoms with Crippen LogP contribution < -0.4 is 4.90 Å². The van der Waals surface area contributed by atoms with Gasteiger partial charge in [-0.15, -0.1) is 0 Å². The van der Waals surface area contributed by atoms with Gasteiger partial charge in [0.15, 0.2) is 0 Å². The number of hydrogen-bond donors (Lipinski definition) is 1. The number of aliphatic hydroxyl groups excluding tert-OH is 1. The molecule has 18 heavy (non-hydrogen) atoms. The lowest BCUT2D eigenvalue weighted by atomic mass is 10.1. The predicted octanol–water partition coefficient (Wildman–Crippen LogP) is 1.29. The predicted molar refractivity (Wildman–Crippen MR) is 67.4 cm³/mol. The second-order valence-corrected chi connectivity index (χ2v) is 5.07. The van der Waals surface area contributed by atoms with E-state index < -0.39 is 6.10 Å². The maximum Gasteiger partial charge on any atom is 0.225 e. The molecular weight excluding hydrogens is 230 g/mol. The molecule has 3 rings (SSSR count). The van der Waals surface area contributed by atoms with Crippen LogP contribution in [0.25, 0.3) is 0 Å². The number of fused-ring (bicyclic) bond motifs is 2. The van der Waals surface area contributed by atoms with Crippen molar-refractivity contribution in [2.75, 3.05) is 18.1 Å². The summed E-state index contributed by atoms with van der Waals surface area (Å²) in [5, 5.41) is 9.73. The SMILES string of the molecule is CCC(O)c1cnc(N2C3CCC2COC3)nc1. The second kappa shape index (κ2) is 4.82. The Morgan fingerprint density at radius 1 is 1.33 bits per heavy atom. The summed E-state index contributed by atoms with van der Waals surface area (Å²) in [6.45, 7) is 3.50. The Morgan fingerprint density at radius 3 is 2.50 bits per heavy atom. The smallest absolute Gasteiger partial charge is 0.225 e. The monoisotopic (exact) mass is 249 g/mol. The third-order valence-electron chi connectivity index (χ3n) is 3.90. The van der Waals surface area contributed by atoms with Crippen LogP contribution in [0, 0.1) is 0 Å². The summed E-state index contributed by atoms with van der Waals surface area (Å²) in [6, 6.07) is 0.844. The molecule has 2 fully saturated rings. The molecule has 0 spiro atoms. The Labute approximate surface area is 107 Å². The van der Waals surface area contributed by atoms with Crippen LogP contribution in [-0.2, 0) is 4.74 Å². The minimum absolute atomic E-state index is 0.422. The van der Waals surface area contributed by atoms with E-state index in [0.717, 1.165) is 37.6 Å². The van der Waals surface area contributed by atoms with Crippen molar-refractivity contribution in [3.8, 4) is 0 Å². The number of aromatic nitrogens is 2. The van der Waals surface area contributed by atoms with Crippen molar-refractivity contribution in [3.05, 3.63) is 18.0 Å². The van der Waals surface area contributed by atoms with Gasteiger partial charge in [0.05, 0.1) is 31.4 Å². The van der Waals surface area contributed by atoms with E-state index in [2.05, 4.69) is 14.9 Å². The zero-order valence-corrected chi connectivity index (χ0v) is 10.6. The van der Waals surface area contributed by atoms with Gasteiger partial charge in [-0.25, -0.2) is 9.97 Å². The first kappa shape index (κ1) is 11.9. The Balaban J connectivity index is 1.80. The molecule has 5 nitrogen and oxygen atoms in total. The van der Waals surface area contributed by atoms with Crippen molar-refractivity contribution in [1.82, 2.24) is 9.97 Å². The minimum Gasteiger partial charge on any atom is -0.388 e. The summed E-state index contributed by atoms with van der Waals surface area (Å²) in [4.78, 5) is 11.1. The fourth-order valence-electron chi connectivity index (χ4n) is 2.83. The molecule has 1 N–H and O–H groups in total. The number of morpholine rings is 1. The summed E-state index contributed by atoms with van der Waals surface area (Å²) in [5.74, 6) is 0.776. The quantitative estimate of drug-likeness (QED) is 0.874. The average molecular weight is 249 g/mol. The maximum absolute atomic E-state index is 9.73. The van der Waals surface area contributed by atoms with Crippen molar-refractivity contribution in [2.24, 2.45) is 0 Å². The lowest BCUT2D eigenvalue weighted by molar-refractivity contribution is 0.0897. The normalized spacial score (nSPS) is 28.4. The third kappa shape index (κ3) is 1.97. The third-order valence-corrected chi connectivity index (χ3v) is 3.90. The first-order chi connectivity index (χ1) is 8.79. The van der Waals surface area contributed by atoms with Gasteiger partial charge in [-0.1, -0.05) is 6.92 Å². The molecule has 3 unspecified atom stereocenters. The molecule has 1 aromatic rings. The fraction of sp³-hybridized carbons (Fsp3) is 0.692. The highest BCUT2D eigenvalue weighted by Gasteiger charge is 2.38. The number of ether oxygens (including phenoxy) is 1. The summed E-state index contributed by atoms with van der Waals surface area (Å²) >= 11 is 0. The maximum atomic E-state index is 9.73. The van der Waals surface area contributed by atoms with E-state index in [1.807, 2.05) is 6.92 Å². The van der Waals surface area contributed by atoms with Crippen LogP contribution in [0.15, 0.2) is 12.4 Å². The fourth-order valence-corrected chi connectivity index (χ4v) is 2.83. The van der Waals surface area contributed by atoms with Crippen LogP contribution in [0.2, 0.25) is 0 Å². The summed E-state index contributed by atoms with van der Waals surface area (Å²) in [7, 11) is 0. The second-order valence-electron chi connectivity index (χ2n) is 5.07. The van der Waals surface area contributed by atoms with Gasteiger partial charge < -0.3 is 14.7 Å². The molecule has 3 atom stereocenters. The Morgan fingerprint density at radius 2 is 1.94 bits per heavy atom. The molecule has 2 saturated heterocycles. The van der Waals surface area contributed by atoms with E-state index in [1.54, 1.807) is 12.4 Å². The van der Waals surface area contributed by atoms with E-state index in [1.165, 1.54) is 0 Å². The number of rotatable bonds is 3. The molecular formula is C13H19N3O2. The molecule has 0 saturated carbocycles. The van der Waals surface area contributed by atoms with Gasteiger partial charge in [0.1, 0.15) is 0 Å². The van der Waals surface area contributed by atoms with Crippen LogP contribution in [0.4, 0.5) is 5.95 Å². The van der Waals surface area contributed by atoms with Crippen LogP contribution in [0.5, 0.6) is 0 Å². The molecule has 0 amide bonds. The molecule has 2 bridgehead atoms. The van der Waals surface area contributed by atoms with Crippen molar-refractivity contribution >= 4 is 5.95 Å². The van der Waals surface area contributed by atoms with Gasteiger partial charge in [0.25, 0.3) is 0 Å². The van der Waals surface area contributed by atoms with E-state index in [0.29, 0.717) is 18.5 Å². The zero-order chi connectivity index (χ0) is 12.5. The van der Waals surface area contributed by atoms with Gasteiger partial charge in [-0.3, -0.25) is 0 Å². The van der Waals surface area contributed by atoms with E-state index in [9.17, 15) is 5.11 Å². The first-order valence-corrected chi connectivity index (χ1v) is 6.65. The Hall–Kier alpha value is -1.20. The van der Waals surface area contributed by atoms with Crippen LogP contribution >= 0.6 is 0 Å². The minimum atomic E-state index is -0.458. The summed E-state index contributed by atoms with van der Waals surface area (Å²) < 4.78 is 5.55. The molecule has 0 radical (unpaired) electrons. The standard InChI is InChI=1S/C13H19N3O2/c1-2-12(17)9-5-14-13(15-6-9)16-10-3-4-11(16)8-18-7-10/h5-6,10-12,17H,2-4,7-8H2,1H3. The largest absolute Gasteiger partial charge is 0.388 e. The topological polar surface area (TPSA) is 58.5 Å². The van der Waals surface area contributed by atoms with E-state index >= 15 is 0 Å². The van der Waals surface area contributed by atoms with E-state index in [4.69, 9.17) is 4.74 Å². The van der Waals surface area contributed by atoms with E-state index in [-0.39, 0.29) is 0 Å². The highest BCUT2D eigenvalue weighted by molar-refractivity contribution is 5.37. The molecule has 2 aliphatic rings. The molecule has 98 valence electrons. The number of anilines is 1. The number of aliphatic hydroxyl groups is 1. The highest BCUT2D eigenvalue weighted by atomic mass is 16.5. The molecule has 2 aliphatic heterocycles. The average Bonchev–Trinajstić information content (AvgIpc) is 2.67. The Bertz CT molecular complexity index is 393. The lowest BCUT2D eigenvalue weighted by Gasteiger charge is -2.34. The van der Waals surface area contributed by atoms with Crippen molar-refractivity contribution in [3.63, 3.8) is 0 Å². The molecule has 0 aliphatic carbocycles. The molecule has 5 heteroatoms. The van der Waals surface area contributed by atoms with Crippen molar-refractivity contribution in [1.29, 1.82) is 0 Å². The molecule has 0 aromatic carbocycles. The van der Waals surface area contributed by atoms with Gasteiger partial charge in [0.2, 0.25) is 5.95 Å². The van der Waals surface area contributed by atoms with Crippen LogP contribution in [0.3, 0.4) is 0 Å². The number of hydrogen-bond acceptors (Lipinski definition) is 5. The Kier molecular flexibility index (Phi) is 3.18. The summed E-state index contributed by atoms with van der Waals surface area (Å²) in [5.41, 5.74) is 0.793. The molecule has 1 aromatic heterocycles. The van der Waals surface area contributed by atoms with Crippen LogP contribution in [0.1, 0.15) is 37.9 Å². The van der Waals surface area contributed by atoms with Gasteiger partial charge in [-0.05, 0) is 19.3 Å². The van der Waals surface area contributed by atoms with Crippen molar-refractivity contribution in [2.45, 2.75) is 44.4 Å². The van der Waals surface area contributed by atoms with Gasteiger partial charge in [-0.2, -0.15) is 0 Å². The van der Waals surface area contributed by atoms with Crippen molar-refractivity contribution < 1.29 is 9.84 Å². The molecule has 3 heterocycles. The highest BCUT2D eigenvalue weighted by Crippen LogP contribution is 2.31. The lowest BCUT2D eigenvalue weighted by Crippen LogP contribution is -2.46. The van der Waals surface area contributed by atoms with Gasteiger partial charge in [0, 0.05) is 18.0 Å². The summed E-state index contributed by atoms with van der Waals surface area (Å²) in [6.07, 6.45) is 6.03. The van der Waals surface area contributed by atoms with Crippen LogP contribution in [-0.4, -0.2) is 40.4 Å².